The van der Waals surface area contributed by atoms with Gasteiger partial charge in [-0.05, 0) is 79.8 Å². The van der Waals surface area contributed by atoms with E-state index in [0.717, 1.165) is 99.9 Å². The summed E-state index contributed by atoms with van der Waals surface area (Å²) < 4.78 is 0.682. The summed E-state index contributed by atoms with van der Waals surface area (Å²) in [5, 5.41) is 86.7. The Morgan fingerprint density at radius 3 is 1.32 bits per heavy atom. The zero-order chi connectivity index (χ0) is 74.7. The molecule has 6 aromatic rings. The van der Waals surface area contributed by atoms with E-state index in [2.05, 4.69) is 34.4 Å². The number of rotatable bonds is 23. The standard InChI is InChI=1S/C35H35N5O9S2.C26H25ClN4O7S2.C9H11NO2.BrH/c1-35(2,33(47)48)49-38-28(24-17-51-34(36)37-24)27(43)12-23-30(44)39-29(32(45)46)20(16-50-31(23)39)9-8-18-4-6-19(7-5-18)13-40(3)14-21-10-25(41)26(42)11-22(21)15-40;1-26(2,24(36)37)38-30-19(17-12-40-25(28)29-17)18(32)9-16-21(33)31-20(23(34)35)15(11-39-22(16)31)8-7-13-3-5-14(10-27)6-4-13;1-10-4-6-2-8(11)9(12)3-7(6)5-10;/h4-11,17,23,31H,12-16H2,1-3H3,(H5-,36,37,38,41,42,43,45,46,47,48);3-8,12,16,22H,9-11H2,1-2H3,(H2,28,29)(H,34,35)(H,36,37);2-3,11-12H,4-5H2,1H3;1H/p+1/b;8-7?,30-19-;;/t23-,31-;16-,22-;;/m11../s1. The number of thiazole rings is 2. The Morgan fingerprint density at radius 1 is 0.615 bits per heavy atom. The Morgan fingerprint density at radius 2 is 0.981 bits per heavy atom. The molecule has 6 aliphatic rings. The van der Waals surface area contributed by atoms with Crippen LogP contribution in [0, 0.1) is 11.8 Å². The number of Topliss-reactive ketones (excluding diaryl/α,β-unsaturated/α-hetero) is 2. The number of oxime groups is 2. The summed E-state index contributed by atoms with van der Waals surface area (Å²) in [6, 6.07) is 21.9. The zero-order valence-electron chi connectivity index (χ0n) is 56.6. The molecular weight excluding hydrogens is 1510 g/mol. The first-order valence-electron chi connectivity index (χ1n) is 31.8. The number of nitrogens with two attached hydrogens (primary N) is 2. The Hall–Kier alpha value is -9.61. The molecule has 0 radical (unpaired) electrons. The predicted octanol–water partition coefficient (Wildman–Crippen LogP) is 4.14. The predicted molar refractivity (Wildman–Crippen MR) is 385 cm³/mol. The third-order valence-corrected chi connectivity index (χ3v) is 21.9. The van der Waals surface area contributed by atoms with E-state index >= 15 is 0 Å². The van der Waals surface area contributed by atoms with Crippen molar-refractivity contribution in [2.75, 3.05) is 37.1 Å². The second-order valence-electron chi connectivity index (χ2n) is 26.4. The van der Waals surface area contributed by atoms with Gasteiger partial charge in [-0.25, -0.2) is 29.1 Å². The van der Waals surface area contributed by atoms with Crippen LogP contribution in [0.2, 0.25) is 0 Å². The van der Waals surface area contributed by atoms with Crippen LogP contribution in [-0.4, -0.2) is 171 Å². The van der Waals surface area contributed by atoms with Crippen LogP contribution in [0.3, 0.4) is 0 Å². The van der Waals surface area contributed by atoms with Crippen molar-refractivity contribution in [1.29, 1.82) is 0 Å². The molecule has 8 heterocycles. The van der Waals surface area contributed by atoms with E-state index in [0.29, 0.717) is 27.3 Å². The van der Waals surface area contributed by atoms with Crippen LogP contribution in [0.1, 0.15) is 96.4 Å². The van der Waals surface area contributed by atoms with Crippen LogP contribution in [0.4, 0.5) is 10.3 Å². The topological polar surface area (TPSA) is 430 Å². The lowest BCUT2D eigenvalue weighted by Gasteiger charge is -2.49. The first-order chi connectivity index (χ1) is 48.6. The number of carbonyl (C=O) groups excluding carboxylic acids is 4. The number of nitrogens with one attached hydrogen (secondary N) is 1. The summed E-state index contributed by atoms with van der Waals surface area (Å²) in [6.07, 6.45) is 6.31. The Kier molecular flexibility index (Phi) is 24.3. The first kappa shape index (κ1) is 78.5. The average molecular weight is 1590 g/mol. The number of hydrogen-bond acceptors (Lipinski definition) is 24. The fourth-order valence-electron chi connectivity index (χ4n) is 12.0. The molecular formula is C70H73BrClN10O18S4+. The second kappa shape index (κ2) is 32.2. The van der Waals surface area contributed by atoms with Gasteiger partial charge in [0.25, 0.3) is 0 Å². The number of aromatic nitrogens is 2. The number of aliphatic carboxylic acids is 4. The van der Waals surface area contributed by atoms with Crippen LogP contribution in [0.25, 0.3) is 12.2 Å². The van der Waals surface area contributed by atoms with Crippen molar-refractivity contribution in [3.05, 3.63) is 174 Å². The van der Waals surface area contributed by atoms with Gasteiger partial charge in [0.2, 0.25) is 23.0 Å². The summed E-state index contributed by atoms with van der Waals surface area (Å²) in [4.78, 5) is 123. The number of aromatic hydroxyl groups is 4. The van der Waals surface area contributed by atoms with Gasteiger partial charge < -0.3 is 88.4 Å². The molecule has 548 valence electrons. The zero-order valence-corrected chi connectivity index (χ0v) is 62.2. The van der Waals surface area contributed by atoms with Gasteiger partial charge in [0, 0.05) is 68.8 Å². The molecule has 4 atom stereocenters. The first-order valence-corrected chi connectivity index (χ1v) is 36.2. The molecule has 0 spiro atoms. The molecule has 0 saturated carbocycles. The van der Waals surface area contributed by atoms with E-state index in [1.807, 2.05) is 48.5 Å². The van der Waals surface area contributed by atoms with E-state index in [4.69, 9.17) is 32.7 Å². The van der Waals surface area contributed by atoms with Crippen molar-refractivity contribution in [2.24, 2.45) is 22.1 Å². The summed E-state index contributed by atoms with van der Waals surface area (Å²) in [5.41, 5.74) is 16.3. The minimum absolute atomic E-state index is 0. The number of nitrogen functional groups attached to an aromatic ring is 2. The second-order valence-corrected chi connectivity index (χ2v) is 30.6. The highest BCUT2D eigenvalue weighted by Gasteiger charge is 2.56. The number of carbonyl (C=O) groups is 8. The molecule has 0 bridgehead atoms. The molecule has 6 aliphatic heterocycles. The summed E-state index contributed by atoms with van der Waals surface area (Å²) in [6.45, 7) is 9.09. The number of β-lactam (4-membered cyclic amide) rings is 2. The number of ketones is 2. The van der Waals surface area contributed by atoms with Gasteiger partial charge in [-0.2, -0.15) is 0 Å². The molecule has 2 amide bonds. The molecule has 4 aromatic carbocycles. The number of benzene rings is 4. The fourth-order valence-corrected chi connectivity index (χ4v) is 16.1. The normalized spacial score (nSPS) is 19.1. The van der Waals surface area contributed by atoms with Crippen molar-refractivity contribution in [3.63, 3.8) is 0 Å². The van der Waals surface area contributed by atoms with Crippen LogP contribution in [0.15, 0.2) is 129 Å². The van der Waals surface area contributed by atoms with Crippen molar-refractivity contribution in [2.45, 2.75) is 101 Å². The number of anilines is 2. The molecule has 0 aliphatic carbocycles. The lowest BCUT2D eigenvalue weighted by molar-refractivity contribution is -0.941. The molecule has 0 unspecified atom stereocenters. The largest absolute Gasteiger partial charge is 1.00 e. The number of phenolic OH excluding ortho intramolecular Hbond substituents is 4. The molecule has 34 heteroatoms. The van der Waals surface area contributed by atoms with Crippen molar-refractivity contribution >= 4 is 139 Å². The average Bonchev–Trinajstić information content (AvgIpc) is 1.01. The van der Waals surface area contributed by atoms with Gasteiger partial charge in [-0.15, -0.1) is 57.8 Å². The minimum Gasteiger partial charge on any atom is -1.00 e. The lowest BCUT2D eigenvalue weighted by Crippen LogP contribution is -3.04. The van der Waals surface area contributed by atoms with Crippen molar-refractivity contribution < 1.29 is 115 Å². The SMILES string of the molecule is CC(C)(O/N=C(\C(=O)C[C@@H]1C(=O)N2C(C(=O)O)=C(C=Cc3ccc(CCl)cc3)CS[C@H]12)c1csc(N)n1)C(=O)O.CC(C)(O/N=C(\C(=O)C[C@@H]1C(=O)N2C(C(=O)O)=C(C=Cc3ccc(C[N+]4(C)Cc5cc(O)c(O)cc5C4)cc3)CS[C@H]12)c1csc(N)n1)C(=O)O.C[NH+]1Cc2cc(O)c(O)cc2C1.[Br-]. The van der Waals surface area contributed by atoms with E-state index in [-0.39, 0.29) is 103 Å². The number of allylic oxidation sites excluding steroid dienone is 2. The molecule has 2 saturated heterocycles. The van der Waals surface area contributed by atoms with Crippen LogP contribution >= 0.6 is 57.8 Å². The van der Waals surface area contributed by atoms with Crippen LogP contribution < -0.4 is 33.3 Å². The third kappa shape index (κ3) is 17.6. The monoisotopic (exact) mass is 1580 g/mol. The molecule has 104 heavy (non-hydrogen) atoms. The molecule has 13 N–H and O–H groups in total. The number of thioether (sulfide) groups is 2. The maximum atomic E-state index is 13.4. The maximum absolute atomic E-state index is 13.4. The van der Waals surface area contributed by atoms with E-state index in [9.17, 15) is 79.2 Å². The third-order valence-electron chi connectivity index (χ3n) is 17.6. The van der Waals surface area contributed by atoms with Crippen LogP contribution in [-0.2, 0) is 86.6 Å². The summed E-state index contributed by atoms with van der Waals surface area (Å²) in [7, 11) is 4.21. The quantitative estimate of drug-likeness (QED) is 0.0107. The number of amides is 2. The maximum Gasteiger partial charge on any atom is 0.352 e. The number of carboxylic acid groups (broad SMARTS) is 4. The number of nitrogens with zero attached hydrogens (tertiary/aromatic N) is 7. The van der Waals surface area contributed by atoms with E-state index in [1.54, 1.807) is 48.6 Å². The highest BCUT2D eigenvalue weighted by Crippen LogP contribution is 2.48. The lowest BCUT2D eigenvalue weighted by atomic mass is 9.89. The van der Waals surface area contributed by atoms with Gasteiger partial charge in [-0.1, -0.05) is 83.1 Å². The van der Waals surface area contributed by atoms with Gasteiger partial charge in [0.1, 0.15) is 55.5 Å². The van der Waals surface area contributed by atoms with Gasteiger partial charge >= 0.3 is 23.9 Å². The highest BCUT2D eigenvalue weighted by atomic mass is 79.9. The van der Waals surface area contributed by atoms with Crippen molar-refractivity contribution in [1.82, 2.24) is 19.8 Å². The van der Waals surface area contributed by atoms with Crippen LogP contribution in [0.5, 0.6) is 23.0 Å². The minimum atomic E-state index is -1.75. The molecule has 12 rings (SSSR count). The molecule has 2 aromatic heterocycles. The number of halogens is 2. The van der Waals surface area contributed by atoms with E-state index in [1.165, 1.54) is 76.7 Å². The Bertz CT molecular complexity index is 4550. The Balaban J connectivity index is 0.000000209. The van der Waals surface area contributed by atoms with Crippen molar-refractivity contribution in [3.8, 4) is 23.0 Å². The van der Waals surface area contributed by atoms with Gasteiger partial charge in [0.15, 0.2) is 56.3 Å². The van der Waals surface area contributed by atoms with E-state index < -0.39 is 81.0 Å². The Labute approximate surface area is 627 Å². The molecule has 28 nitrogen and oxygen atoms in total. The van der Waals surface area contributed by atoms with Gasteiger partial charge in [-0.3, -0.25) is 29.0 Å². The number of quaternary nitrogens is 2. The number of carboxylic acids is 4. The number of phenols is 4. The van der Waals surface area contributed by atoms with Gasteiger partial charge in [0.05, 0.1) is 36.7 Å². The number of hydrogen-bond donors (Lipinski definition) is 11. The molecule has 2 fully saturated rings. The number of fused-ring (bicyclic) bond motifs is 4. The highest BCUT2D eigenvalue weighted by molar-refractivity contribution is 8.00. The number of alkyl halides is 1. The summed E-state index contributed by atoms with van der Waals surface area (Å²) in [5.74, 6) is -8.31. The summed E-state index contributed by atoms with van der Waals surface area (Å²) >= 11 is 10.6. The smallest absolute Gasteiger partial charge is 0.352 e. The fraction of sp³-hybridized carbons (Fsp3) is 0.314.